The van der Waals surface area contributed by atoms with Crippen molar-refractivity contribution in [2.24, 2.45) is 5.92 Å². The number of likely N-dealkylation sites (tertiary alicyclic amines) is 1. The average molecular weight is 261 g/mol. The molecule has 0 saturated carbocycles. The summed E-state index contributed by atoms with van der Waals surface area (Å²) >= 11 is 0. The van der Waals surface area contributed by atoms with E-state index in [1.54, 1.807) is 0 Å². The Hall–Kier alpha value is -1.35. The number of ether oxygens (including phenoxy) is 1. The lowest BCUT2D eigenvalue weighted by Gasteiger charge is -2.26. The molecule has 1 aliphatic rings. The molecule has 2 rings (SSSR count). The Morgan fingerprint density at radius 1 is 1.37 bits per heavy atom. The summed E-state index contributed by atoms with van der Waals surface area (Å²) in [7, 11) is 1.47. The van der Waals surface area contributed by atoms with Crippen molar-refractivity contribution >= 4 is 5.97 Å². The van der Waals surface area contributed by atoms with Gasteiger partial charge in [-0.2, -0.15) is 0 Å². The van der Waals surface area contributed by atoms with Crippen molar-refractivity contribution in [2.75, 3.05) is 20.2 Å². The molecule has 3 unspecified atom stereocenters. The van der Waals surface area contributed by atoms with E-state index in [1.165, 1.54) is 13.5 Å². The van der Waals surface area contributed by atoms with E-state index in [4.69, 9.17) is 4.74 Å². The van der Waals surface area contributed by atoms with Crippen LogP contribution in [0.2, 0.25) is 0 Å². The second-order valence-electron chi connectivity index (χ2n) is 5.63. The quantitative estimate of drug-likeness (QED) is 0.780. The molecule has 19 heavy (non-hydrogen) atoms. The van der Waals surface area contributed by atoms with Gasteiger partial charge in [0.1, 0.15) is 0 Å². The van der Waals surface area contributed by atoms with Gasteiger partial charge in [0.2, 0.25) is 0 Å². The smallest absolute Gasteiger partial charge is 0.314 e. The average Bonchev–Trinajstić information content (AvgIpc) is 2.74. The maximum atomic E-state index is 12.0. The highest BCUT2D eigenvalue weighted by molar-refractivity contribution is 5.78. The monoisotopic (exact) mass is 261 g/mol. The van der Waals surface area contributed by atoms with Crippen LogP contribution in [-0.2, 0) is 9.53 Å². The van der Waals surface area contributed by atoms with Gasteiger partial charge in [-0.1, -0.05) is 37.3 Å². The van der Waals surface area contributed by atoms with Crippen LogP contribution in [0.15, 0.2) is 30.3 Å². The Kier molecular flexibility index (Phi) is 4.59. The highest BCUT2D eigenvalue weighted by Gasteiger charge is 2.31. The van der Waals surface area contributed by atoms with Crippen molar-refractivity contribution in [3.8, 4) is 0 Å². The molecule has 0 amide bonds. The largest absolute Gasteiger partial charge is 0.469 e. The van der Waals surface area contributed by atoms with E-state index in [2.05, 4.69) is 18.7 Å². The summed E-state index contributed by atoms with van der Waals surface area (Å²) in [5, 5.41) is 0. The van der Waals surface area contributed by atoms with Crippen LogP contribution in [0.4, 0.5) is 0 Å². The minimum absolute atomic E-state index is 0.141. The van der Waals surface area contributed by atoms with Crippen LogP contribution in [0.25, 0.3) is 0 Å². The first-order valence-electron chi connectivity index (χ1n) is 6.98. The lowest BCUT2D eigenvalue weighted by atomic mass is 9.98. The predicted octanol–water partition coefficient (Wildman–Crippen LogP) is 2.67. The van der Waals surface area contributed by atoms with Gasteiger partial charge in [-0.05, 0) is 24.8 Å². The fraction of sp³-hybridized carbons (Fsp3) is 0.562. The number of carbonyl (C=O) groups excluding carboxylic acids is 1. The normalized spacial score (nSPS) is 25.2. The molecule has 1 aliphatic heterocycles. The molecule has 1 fully saturated rings. The Labute approximate surface area is 115 Å². The molecule has 1 aromatic carbocycles. The van der Waals surface area contributed by atoms with Crippen molar-refractivity contribution in [3.63, 3.8) is 0 Å². The number of esters is 1. The number of rotatable bonds is 4. The molecule has 3 atom stereocenters. The van der Waals surface area contributed by atoms with E-state index in [1.807, 2.05) is 30.3 Å². The van der Waals surface area contributed by atoms with E-state index in [0.29, 0.717) is 12.0 Å². The van der Waals surface area contributed by atoms with Gasteiger partial charge < -0.3 is 4.74 Å². The summed E-state index contributed by atoms with van der Waals surface area (Å²) in [6, 6.07) is 10.5. The number of methoxy groups -OCH3 is 1. The van der Waals surface area contributed by atoms with Crippen molar-refractivity contribution in [1.29, 1.82) is 0 Å². The number of benzene rings is 1. The second-order valence-corrected chi connectivity index (χ2v) is 5.63. The summed E-state index contributed by atoms with van der Waals surface area (Å²) in [5.74, 6) is 0.390. The molecule has 0 spiro atoms. The first-order valence-corrected chi connectivity index (χ1v) is 6.98. The molecular formula is C16H23NO2. The van der Waals surface area contributed by atoms with E-state index in [9.17, 15) is 4.79 Å². The predicted molar refractivity (Wildman–Crippen MR) is 76.0 cm³/mol. The molecular weight excluding hydrogens is 238 g/mol. The minimum atomic E-state index is -0.182. The topological polar surface area (TPSA) is 29.5 Å². The van der Waals surface area contributed by atoms with Gasteiger partial charge in [0.15, 0.2) is 0 Å². The van der Waals surface area contributed by atoms with Crippen LogP contribution in [0, 0.1) is 5.92 Å². The molecule has 3 nitrogen and oxygen atoms in total. The summed E-state index contributed by atoms with van der Waals surface area (Å²) in [4.78, 5) is 14.4. The molecule has 3 heteroatoms. The SMILES string of the molecule is COC(=O)C(CN1CC(C)CC1C)c1ccccc1. The summed E-state index contributed by atoms with van der Waals surface area (Å²) in [6.45, 7) is 6.33. The van der Waals surface area contributed by atoms with E-state index < -0.39 is 0 Å². The lowest BCUT2D eigenvalue weighted by molar-refractivity contribution is -0.143. The Morgan fingerprint density at radius 2 is 2.05 bits per heavy atom. The molecule has 104 valence electrons. The molecule has 0 aliphatic carbocycles. The number of nitrogens with zero attached hydrogens (tertiary/aromatic N) is 1. The van der Waals surface area contributed by atoms with Crippen LogP contribution in [0.3, 0.4) is 0 Å². The summed E-state index contributed by atoms with van der Waals surface area (Å²) < 4.78 is 4.97. The third-order valence-corrected chi connectivity index (χ3v) is 4.02. The molecule has 0 aromatic heterocycles. The fourth-order valence-electron chi connectivity index (χ4n) is 3.02. The number of carbonyl (C=O) groups is 1. The van der Waals surface area contributed by atoms with Crippen molar-refractivity contribution in [1.82, 2.24) is 4.90 Å². The fourth-order valence-corrected chi connectivity index (χ4v) is 3.02. The zero-order valence-corrected chi connectivity index (χ0v) is 12.0. The molecule has 1 aromatic rings. The maximum Gasteiger partial charge on any atom is 0.314 e. The zero-order valence-electron chi connectivity index (χ0n) is 12.0. The first-order chi connectivity index (χ1) is 9.11. The van der Waals surface area contributed by atoms with E-state index >= 15 is 0 Å². The number of hydrogen-bond donors (Lipinski definition) is 0. The van der Waals surface area contributed by atoms with Crippen LogP contribution in [0.1, 0.15) is 31.7 Å². The van der Waals surface area contributed by atoms with Crippen molar-refractivity contribution in [3.05, 3.63) is 35.9 Å². The summed E-state index contributed by atoms with van der Waals surface area (Å²) in [6.07, 6.45) is 1.21. The second kappa shape index (κ2) is 6.20. The van der Waals surface area contributed by atoms with E-state index in [0.717, 1.165) is 18.7 Å². The van der Waals surface area contributed by atoms with Crippen LogP contribution < -0.4 is 0 Å². The van der Waals surface area contributed by atoms with E-state index in [-0.39, 0.29) is 11.9 Å². The molecule has 0 N–H and O–H groups in total. The van der Waals surface area contributed by atoms with Crippen molar-refractivity contribution in [2.45, 2.75) is 32.2 Å². The highest BCUT2D eigenvalue weighted by atomic mass is 16.5. The Balaban J connectivity index is 2.13. The Bertz CT molecular complexity index is 418. The first kappa shape index (κ1) is 14.1. The van der Waals surface area contributed by atoms with Gasteiger partial charge in [0.05, 0.1) is 13.0 Å². The van der Waals surface area contributed by atoms with Crippen LogP contribution in [-0.4, -0.2) is 37.1 Å². The number of hydrogen-bond acceptors (Lipinski definition) is 3. The van der Waals surface area contributed by atoms with Crippen LogP contribution >= 0.6 is 0 Å². The van der Waals surface area contributed by atoms with Gasteiger partial charge in [0.25, 0.3) is 0 Å². The maximum absolute atomic E-state index is 12.0. The van der Waals surface area contributed by atoms with Gasteiger partial charge in [-0.15, -0.1) is 0 Å². The van der Waals surface area contributed by atoms with Gasteiger partial charge in [0, 0.05) is 19.1 Å². The third-order valence-electron chi connectivity index (χ3n) is 4.02. The van der Waals surface area contributed by atoms with Gasteiger partial charge in [-0.25, -0.2) is 0 Å². The standard InChI is InChI=1S/C16H23NO2/c1-12-9-13(2)17(10-12)11-15(16(18)19-3)14-7-5-4-6-8-14/h4-8,12-13,15H,9-11H2,1-3H3. The van der Waals surface area contributed by atoms with Gasteiger partial charge >= 0.3 is 5.97 Å². The third kappa shape index (κ3) is 3.35. The van der Waals surface area contributed by atoms with Gasteiger partial charge in [-0.3, -0.25) is 9.69 Å². The van der Waals surface area contributed by atoms with Crippen molar-refractivity contribution < 1.29 is 9.53 Å². The highest BCUT2D eigenvalue weighted by Crippen LogP contribution is 2.27. The molecule has 1 heterocycles. The zero-order chi connectivity index (χ0) is 13.8. The molecule has 1 saturated heterocycles. The molecule has 0 radical (unpaired) electrons. The Morgan fingerprint density at radius 3 is 2.58 bits per heavy atom. The minimum Gasteiger partial charge on any atom is -0.469 e. The van der Waals surface area contributed by atoms with Crippen LogP contribution in [0.5, 0.6) is 0 Å². The molecule has 0 bridgehead atoms. The lowest BCUT2D eigenvalue weighted by Crippen LogP contribution is -2.34. The summed E-state index contributed by atoms with van der Waals surface area (Å²) in [5.41, 5.74) is 1.04.